The monoisotopic (exact) mass is 305 g/mol. The Morgan fingerprint density at radius 3 is 1.95 bits per heavy atom. The van der Waals surface area contributed by atoms with Gasteiger partial charge in [0.2, 0.25) is 5.91 Å². The van der Waals surface area contributed by atoms with Crippen molar-refractivity contribution in [1.29, 1.82) is 0 Å². The van der Waals surface area contributed by atoms with Crippen molar-refractivity contribution in [2.75, 3.05) is 23.7 Å². The van der Waals surface area contributed by atoms with Crippen LogP contribution in [0.3, 0.4) is 0 Å². The van der Waals surface area contributed by atoms with E-state index >= 15 is 0 Å². The molecule has 22 heavy (non-hydrogen) atoms. The molecule has 2 N–H and O–H groups in total. The minimum absolute atomic E-state index is 0.109. The van der Waals surface area contributed by atoms with Crippen molar-refractivity contribution in [3.8, 4) is 0 Å². The molecule has 0 radical (unpaired) electrons. The summed E-state index contributed by atoms with van der Waals surface area (Å²) in [7, 11) is 0. The van der Waals surface area contributed by atoms with E-state index in [0.29, 0.717) is 23.2 Å². The largest absolute Gasteiger partial charge is 0.326 e. The van der Waals surface area contributed by atoms with Gasteiger partial charge in [-0.2, -0.15) is 0 Å². The first kappa shape index (κ1) is 18.0. The van der Waals surface area contributed by atoms with Crippen LogP contribution in [0.5, 0.6) is 0 Å². The number of anilines is 2. The highest BCUT2D eigenvalue weighted by atomic mass is 16.2. The molecule has 5 heteroatoms. The number of carbonyl (C=O) groups is 2. The van der Waals surface area contributed by atoms with Gasteiger partial charge in [-0.3, -0.25) is 4.79 Å². The molecule has 0 spiro atoms. The molecule has 0 saturated heterocycles. The van der Waals surface area contributed by atoms with E-state index in [1.54, 1.807) is 18.2 Å². The number of nitrogens with one attached hydrogen (secondary N) is 2. The Kier molecular flexibility index (Phi) is 6.89. The van der Waals surface area contributed by atoms with Crippen LogP contribution in [0.1, 0.15) is 34.6 Å². The highest BCUT2D eigenvalue weighted by Gasteiger charge is 2.16. The van der Waals surface area contributed by atoms with E-state index in [0.717, 1.165) is 13.1 Å². The third-order valence-electron chi connectivity index (χ3n) is 2.89. The highest BCUT2D eigenvalue weighted by molar-refractivity contribution is 5.92. The first-order chi connectivity index (χ1) is 10.3. The standard InChI is InChI=1S/C17H27N3O2/c1-12(2)10-20(11-13(3)4)17(22)19-16-8-6-7-15(9-16)18-14(5)21/h6-9,12-13H,10-11H2,1-5H3,(H,18,21)(H,19,22). The Balaban J connectivity index is 2.77. The van der Waals surface area contributed by atoms with Gasteiger partial charge < -0.3 is 15.5 Å². The quantitative estimate of drug-likeness (QED) is 0.840. The van der Waals surface area contributed by atoms with Gasteiger partial charge in [0.25, 0.3) is 0 Å². The summed E-state index contributed by atoms with van der Waals surface area (Å²) >= 11 is 0. The number of urea groups is 1. The first-order valence-corrected chi connectivity index (χ1v) is 7.71. The number of hydrogen-bond donors (Lipinski definition) is 2. The van der Waals surface area contributed by atoms with Gasteiger partial charge >= 0.3 is 6.03 Å². The fourth-order valence-corrected chi connectivity index (χ4v) is 2.20. The Bertz CT molecular complexity index is 502. The summed E-state index contributed by atoms with van der Waals surface area (Å²) in [4.78, 5) is 25.4. The van der Waals surface area contributed by atoms with Crippen LogP contribution in [0.25, 0.3) is 0 Å². The van der Waals surface area contributed by atoms with Gasteiger partial charge in [-0.05, 0) is 30.0 Å². The van der Waals surface area contributed by atoms with Crippen molar-refractivity contribution in [3.05, 3.63) is 24.3 Å². The zero-order valence-corrected chi connectivity index (χ0v) is 14.1. The van der Waals surface area contributed by atoms with Crippen LogP contribution in [0.15, 0.2) is 24.3 Å². The lowest BCUT2D eigenvalue weighted by Crippen LogP contribution is -2.39. The van der Waals surface area contributed by atoms with Crippen LogP contribution in [-0.4, -0.2) is 29.9 Å². The van der Waals surface area contributed by atoms with Crippen molar-refractivity contribution in [2.45, 2.75) is 34.6 Å². The van der Waals surface area contributed by atoms with Gasteiger partial charge in [-0.15, -0.1) is 0 Å². The molecule has 3 amide bonds. The Labute approximate surface area is 133 Å². The Morgan fingerprint density at radius 2 is 1.50 bits per heavy atom. The minimum Gasteiger partial charge on any atom is -0.326 e. The second-order valence-corrected chi connectivity index (χ2v) is 6.38. The lowest BCUT2D eigenvalue weighted by Gasteiger charge is -2.26. The lowest BCUT2D eigenvalue weighted by atomic mass is 10.1. The van der Waals surface area contributed by atoms with Crippen LogP contribution in [0, 0.1) is 11.8 Å². The molecule has 0 fully saturated rings. The molecule has 0 aromatic heterocycles. The molecule has 1 rings (SSSR count). The van der Waals surface area contributed by atoms with E-state index in [2.05, 4.69) is 38.3 Å². The van der Waals surface area contributed by atoms with Crippen LogP contribution >= 0.6 is 0 Å². The van der Waals surface area contributed by atoms with Crippen LogP contribution in [0.2, 0.25) is 0 Å². The SMILES string of the molecule is CC(=O)Nc1cccc(NC(=O)N(CC(C)C)CC(C)C)c1. The zero-order chi connectivity index (χ0) is 16.7. The van der Waals surface area contributed by atoms with Gasteiger partial charge in [-0.1, -0.05) is 33.8 Å². The third-order valence-corrected chi connectivity index (χ3v) is 2.89. The third kappa shape index (κ3) is 6.61. The number of rotatable bonds is 6. The van der Waals surface area contributed by atoms with Crippen molar-refractivity contribution >= 4 is 23.3 Å². The predicted octanol–water partition coefficient (Wildman–Crippen LogP) is 3.79. The molecule has 0 heterocycles. The molecule has 122 valence electrons. The topological polar surface area (TPSA) is 61.4 Å². The molecule has 0 aliphatic rings. The maximum absolute atomic E-state index is 12.4. The molecule has 0 saturated carbocycles. The van der Waals surface area contributed by atoms with E-state index in [9.17, 15) is 9.59 Å². The van der Waals surface area contributed by atoms with E-state index in [1.807, 2.05) is 11.0 Å². The molecule has 1 aromatic carbocycles. The van der Waals surface area contributed by atoms with Crippen molar-refractivity contribution in [2.24, 2.45) is 11.8 Å². The highest BCUT2D eigenvalue weighted by Crippen LogP contribution is 2.16. The summed E-state index contributed by atoms with van der Waals surface area (Å²) < 4.78 is 0. The van der Waals surface area contributed by atoms with Crippen LogP contribution < -0.4 is 10.6 Å². The fourth-order valence-electron chi connectivity index (χ4n) is 2.20. The summed E-state index contributed by atoms with van der Waals surface area (Å²) in [5.41, 5.74) is 1.35. The van der Waals surface area contributed by atoms with Crippen LogP contribution in [0.4, 0.5) is 16.2 Å². The molecule has 0 bridgehead atoms. The summed E-state index contributed by atoms with van der Waals surface area (Å²) in [6.07, 6.45) is 0. The maximum atomic E-state index is 12.4. The molecule has 0 atom stereocenters. The fraction of sp³-hybridized carbons (Fsp3) is 0.529. The number of hydrogen-bond acceptors (Lipinski definition) is 2. The van der Waals surface area contributed by atoms with Crippen molar-refractivity contribution in [3.63, 3.8) is 0 Å². The number of benzene rings is 1. The number of amides is 3. The molecule has 0 aliphatic heterocycles. The van der Waals surface area contributed by atoms with Gasteiger partial charge in [0.15, 0.2) is 0 Å². The number of carbonyl (C=O) groups excluding carboxylic acids is 2. The van der Waals surface area contributed by atoms with Gasteiger partial charge in [0, 0.05) is 31.4 Å². The molecular weight excluding hydrogens is 278 g/mol. The van der Waals surface area contributed by atoms with E-state index < -0.39 is 0 Å². The molecule has 5 nitrogen and oxygen atoms in total. The molecular formula is C17H27N3O2. The summed E-state index contributed by atoms with van der Waals surface area (Å²) in [5, 5.41) is 5.61. The smallest absolute Gasteiger partial charge is 0.321 e. The lowest BCUT2D eigenvalue weighted by molar-refractivity contribution is -0.114. The summed E-state index contributed by atoms with van der Waals surface area (Å²) in [6.45, 7) is 11.3. The summed E-state index contributed by atoms with van der Waals surface area (Å²) in [5.74, 6) is 0.690. The van der Waals surface area contributed by atoms with Gasteiger partial charge in [-0.25, -0.2) is 4.79 Å². The average Bonchev–Trinajstić information content (AvgIpc) is 2.36. The zero-order valence-electron chi connectivity index (χ0n) is 14.1. The molecule has 0 unspecified atom stereocenters. The van der Waals surface area contributed by atoms with E-state index in [-0.39, 0.29) is 11.9 Å². The van der Waals surface area contributed by atoms with Crippen LogP contribution in [-0.2, 0) is 4.79 Å². The van der Waals surface area contributed by atoms with Crippen molar-refractivity contribution < 1.29 is 9.59 Å². The first-order valence-electron chi connectivity index (χ1n) is 7.71. The molecule has 0 aliphatic carbocycles. The normalized spacial score (nSPS) is 10.7. The number of nitrogens with zero attached hydrogens (tertiary/aromatic N) is 1. The van der Waals surface area contributed by atoms with Gasteiger partial charge in [0.05, 0.1) is 0 Å². The predicted molar refractivity (Wildman–Crippen MR) is 91.0 cm³/mol. The average molecular weight is 305 g/mol. The molecule has 1 aromatic rings. The van der Waals surface area contributed by atoms with Crippen molar-refractivity contribution in [1.82, 2.24) is 4.90 Å². The van der Waals surface area contributed by atoms with E-state index in [1.165, 1.54) is 6.92 Å². The maximum Gasteiger partial charge on any atom is 0.321 e. The second kappa shape index (κ2) is 8.41. The Hall–Kier alpha value is -2.04. The van der Waals surface area contributed by atoms with E-state index in [4.69, 9.17) is 0 Å². The summed E-state index contributed by atoms with van der Waals surface area (Å²) in [6, 6.07) is 7.05. The second-order valence-electron chi connectivity index (χ2n) is 6.38. The Morgan fingerprint density at radius 1 is 1.00 bits per heavy atom. The minimum atomic E-state index is -0.135. The van der Waals surface area contributed by atoms with Gasteiger partial charge in [0.1, 0.15) is 0 Å².